The minimum Gasteiger partial charge on any atom is -0.372 e. The highest BCUT2D eigenvalue weighted by Crippen LogP contribution is 2.36. The van der Waals surface area contributed by atoms with Crippen LogP contribution in [0.25, 0.3) is 0 Å². The van der Waals surface area contributed by atoms with Crippen LogP contribution in [-0.4, -0.2) is 36.4 Å². The summed E-state index contributed by atoms with van der Waals surface area (Å²) in [5.41, 5.74) is 0. The molecule has 3 atom stereocenters. The van der Waals surface area contributed by atoms with Crippen LogP contribution in [0.2, 0.25) is 0 Å². The van der Waals surface area contributed by atoms with Crippen molar-refractivity contribution in [1.82, 2.24) is 0 Å². The number of unbranched alkanes of at least 4 members (excludes halogenated alkanes) is 3. The van der Waals surface area contributed by atoms with Crippen molar-refractivity contribution in [2.24, 2.45) is 0 Å². The molecule has 2 rings (SSSR count). The second kappa shape index (κ2) is 6.12. The molecule has 2 aliphatic rings. The van der Waals surface area contributed by atoms with Crippen molar-refractivity contribution in [2.75, 3.05) is 19.0 Å². The Bertz CT molecular complexity index is 186. The molecule has 2 heterocycles. The topological polar surface area (TPSA) is 18.5 Å². The molecule has 0 aliphatic carbocycles. The Kier molecular flexibility index (Phi) is 4.79. The first kappa shape index (κ1) is 11.7. The summed E-state index contributed by atoms with van der Waals surface area (Å²) in [6, 6.07) is 0. The molecule has 2 aliphatic heterocycles. The number of ether oxygens (including phenoxy) is 2. The summed E-state index contributed by atoms with van der Waals surface area (Å²) in [5, 5.41) is 0.701. The average molecular weight is 230 g/mol. The van der Waals surface area contributed by atoms with E-state index >= 15 is 0 Å². The molecule has 0 N–H and O–H groups in total. The van der Waals surface area contributed by atoms with Crippen LogP contribution >= 0.6 is 11.8 Å². The first-order valence-electron chi connectivity index (χ1n) is 6.26. The number of fused-ring (bicyclic) bond motifs is 1. The van der Waals surface area contributed by atoms with Crippen LogP contribution in [0.3, 0.4) is 0 Å². The molecule has 2 fully saturated rings. The standard InChI is InChI=1S/C12H22O2S/c1-2-3-4-5-6-11-12-10(9-15-11)13-7-8-14-12/h10-12H,2-9H2,1H3. The van der Waals surface area contributed by atoms with Crippen LogP contribution in [0.4, 0.5) is 0 Å². The zero-order valence-electron chi connectivity index (χ0n) is 9.61. The molecular formula is C12H22O2S. The largest absolute Gasteiger partial charge is 0.372 e. The molecule has 0 aromatic carbocycles. The van der Waals surface area contributed by atoms with Crippen molar-refractivity contribution in [3.05, 3.63) is 0 Å². The van der Waals surface area contributed by atoms with Crippen molar-refractivity contribution in [3.63, 3.8) is 0 Å². The van der Waals surface area contributed by atoms with Gasteiger partial charge in [-0.15, -0.1) is 0 Å². The first-order chi connectivity index (χ1) is 7.42. The van der Waals surface area contributed by atoms with Gasteiger partial charge in [0.15, 0.2) is 0 Å². The maximum absolute atomic E-state index is 5.83. The monoisotopic (exact) mass is 230 g/mol. The van der Waals surface area contributed by atoms with Gasteiger partial charge in [-0.25, -0.2) is 0 Å². The normalized spacial score (nSPS) is 35.4. The lowest BCUT2D eigenvalue weighted by molar-refractivity contribution is -0.125. The predicted octanol–water partition coefficient (Wildman–Crippen LogP) is 2.86. The summed E-state index contributed by atoms with van der Waals surface area (Å²) in [6.07, 6.45) is 7.54. The van der Waals surface area contributed by atoms with E-state index < -0.39 is 0 Å². The van der Waals surface area contributed by atoms with E-state index in [2.05, 4.69) is 18.7 Å². The zero-order chi connectivity index (χ0) is 10.5. The average Bonchev–Trinajstić information content (AvgIpc) is 2.68. The summed E-state index contributed by atoms with van der Waals surface area (Å²) >= 11 is 2.06. The molecule has 3 unspecified atom stereocenters. The Hall–Kier alpha value is 0.270. The van der Waals surface area contributed by atoms with Crippen molar-refractivity contribution >= 4 is 11.8 Å². The fourth-order valence-electron chi connectivity index (χ4n) is 2.41. The number of hydrogen-bond acceptors (Lipinski definition) is 3. The first-order valence-corrected chi connectivity index (χ1v) is 7.31. The van der Waals surface area contributed by atoms with E-state index in [1.165, 1.54) is 32.1 Å². The minimum absolute atomic E-state index is 0.389. The van der Waals surface area contributed by atoms with Crippen LogP contribution in [0.1, 0.15) is 39.0 Å². The zero-order valence-corrected chi connectivity index (χ0v) is 10.4. The summed E-state index contributed by atoms with van der Waals surface area (Å²) in [5.74, 6) is 1.14. The smallest absolute Gasteiger partial charge is 0.0964 e. The Morgan fingerprint density at radius 2 is 2.00 bits per heavy atom. The van der Waals surface area contributed by atoms with Gasteiger partial charge in [0.05, 0.1) is 25.4 Å². The van der Waals surface area contributed by atoms with Crippen molar-refractivity contribution in [2.45, 2.75) is 56.5 Å². The molecule has 3 heteroatoms. The molecule has 0 aromatic heterocycles. The second-order valence-corrected chi connectivity index (χ2v) is 5.74. The molecule has 88 valence electrons. The lowest BCUT2D eigenvalue weighted by atomic mass is 10.0. The third-order valence-corrected chi connectivity index (χ3v) is 4.73. The molecule has 0 bridgehead atoms. The van der Waals surface area contributed by atoms with Crippen LogP contribution in [0.15, 0.2) is 0 Å². The number of hydrogen-bond donors (Lipinski definition) is 0. The molecule has 0 radical (unpaired) electrons. The summed E-state index contributed by atoms with van der Waals surface area (Å²) < 4.78 is 11.5. The SMILES string of the molecule is CCCCCCC1SCC2OCCOC21. The van der Waals surface area contributed by atoms with Gasteiger partial charge < -0.3 is 9.47 Å². The highest BCUT2D eigenvalue weighted by Gasteiger charge is 2.39. The van der Waals surface area contributed by atoms with Crippen LogP contribution in [0, 0.1) is 0 Å². The van der Waals surface area contributed by atoms with Crippen molar-refractivity contribution in [1.29, 1.82) is 0 Å². The Morgan fingerprint density at radius 1 is 1.13 bits per heavy atom. The van der Waals surface area contributed by atoms with E-state index in [4.69, 9.17) is 9.47 Å². The molecule has 2 nitrogen and oxygen atoms in total. The van der Waals surface area contributed by atoms with E-state index in [9.17, 15) is 0 Å². The van der Waals surface area contributed by atoms with Gasteiger partial charge in [-0.05, 0) is 6.42 Å². The summed E-state index contributed by atoms with van der Waals surface area (Å²) in [7, 11) is 0. The summed E-state index contributed by atoms with van der Waals surface area (Å²) in [4.78, 5) is 0. The van der Waals surface area contributed by atoms with Gasteiger partial charge in [0, 0.05) is 11.0 Å². The van der Waals surface area contributed by atoms with E-state index in [1.54, 1.807) is 0 Å². The van der Waals surface area contributed by atoms with Crippen LogP contribution in [0.5, 0.6) is 0 Å². The van der Waals surface area contributed by atoms with Gasteiger partial charge in [-0.2, -0.15) is 11.8 Å². The Morgan fingerprint density at radius 3 is 2.87 bits per heavy atom. The van der Waals surface area contributed by atoms with E-state index in [0.29, 0.717) is 17.5 Å². The quantitative estimate of drug-likeness (QED) is 0.677. The van der Waals surface area contributed by atoms with E-state index in [1.807, 2.05) is 0 Å². The number of rotatable bonds is 5. The van der Waals surface area contributed by atoms with Gasteiger partial charge in [0.25, 0.3) is 0 Å². The third-order valence-electron chi connectivity index (χ3n) is 3.28. The molecule has 0 amide bonds. The highest BCUT2D eigenvalue weighted by molar-refractivity contribution is 8.00. The van der Waals surface area contributed by atoms with Gasteiger partial charge >= 0.3 is 0 Å². The summed E-state index contributed by atoms with van der Waals surface area (Å²) in [6.45, 7) is 3.86. The highest BCUT2D eigenvalue weighted by atomic mass is 32.2. The molecule has 0 aromatic rings. The van der Waals surface area contributed by atoms with Gasteiger partial charge in [-0.3, -0.25) is 0 Å². The Labute approximate surface area is 97.1 Å². The minimum atomic E-state index is 0.389. The van der Waals surface area contributed by atoms with Crippen molar-refractivity contribution < 1.29 is 9.47 Å². The predicted molar refractivity (Wildman–Crippen MR) is 64.5 cm³/mol. The second-order valence-electron chi connectivity index (χ2n) is 4.47. The van der Waals surface area contributed by atoms with Gasteiger partial charge in [0.1, 0.15) is 0 Å². The number of thioether (sulfide) groups is 1. The fraction of sp³-hybridized carbons (Fsp3) is 1.00. The lowest BCUT2D eigenvalue weighted by Gasteiger charge is -2.28. The Balaban J connectivity index is 1.69. The van der Waals surface area contributed by atoms with Gasteiger partial charge in [-0.1, -0.05) is 32.6 Å². The molecule has 0 spiro atoms. The van der Waals surface area contributed by atoms with E-state index in [0.717, 1.165) is 19.0 Å². The molecule has 15 heavy (non-hydrogen) atoms. The fourth-order valence-corrected chi connectivity index (χ4v) is 3.91. The van der Waals surface area contributed by atoms with Crippen molar-refractivity contribution in [3.8, 4) is 0 Å². The molecule has 0 saturated carbocycles. The molecular weight excluding hydrogens is 208 g/mol. The lowest BCUT2D eigenvalue weighted by Crippen LogP contribution is -2.40. The van der Waals surface area contributed by atoms with Crippen LogP contribution < -0.4 is 0 Å². The van der Waals surface area contributed by atoms with Gasteiger partial charge in [0.2, 0.25) is 0 Å². The maximum atomic E-state index is 5.83. The molecule has 2 saturated heterocycles. The third kappa shape index (κ3) is 3.11. The van der Waals surface area contributed by atoms with E-state index in [-0.39, 0.29) is 0 Å². The van der Waals surface area contributed by atoms with Crippen LogP contribution in [-0.2, 0) is 9.47 Å². The maximum Gasteiger partial charge on any atom is 0.0964 e.